The average Bonchev–Trinajstić information content (AvgIpc) is 3.10. The van der Waals surface area contributed by atoms with E-state index in [0.717, 1.165) is 18.9 Å². The molecule has 4 nitrogen and oxygen atoms in total. The van der Waals surface area contributed by atoms with Crippen molar-refractivity contribution in [1.82, 2.24) is 9.88 Å². The van der Waals surface area contributed by atoms with Crippen molar-refractivity contribution in [3.05, 3.63) is 23.9 Å². The summed E-state index contributed by atoms with van der Waals surface area (Å²) in [7, 11) is 0. The van der Waals surface area contributed by atoms with Crippen LogP contribution in [-0.4, -0.2) is 40.8 Å². The lowest BCUT2D eigenvalue weighted by Crippen LogP contribution is -2.43. The third-order valence-corrected chi connectivity index (χ3v) is 4.27. The van der Waals surface area contributed by atoms with E-state index in [1.165, 1.54) is 0 Å². The van der Waals surface area contributed by atoms with Crippen molar-refractivity contribution >= 4 is 12.2 Å². The van der Waals surface area contributed by atoms with Gasteiger partial charge in [0.25, 0.3) is 5.92 Å². The van der Waals surface area contributed by atoms with Gasteiger partial charge in [0, 0.05) is 32.1 Å². The zero-order valence-corrected chi connectivity index (χ0v) is 11.3. The summed E-state index contributed by atoms with van der Waals surface area (Å²) in [4.78, 5) is 16.4. The number of anilines is 1. The molecule has 1 amide bonds. The Morgan fingerprint density at radius 2 is 2.15 bits per heavy atom. The third kappa shape index (κ3) is 2.23. The monoisotopic (exact) mass is 281 g/mol. The smallest absolute Gasteiger partial charge is 0.267 e. The summed E-state index contributed by atoms with van der Waals surface area (Å²) in [6, 6.07) is 3.64. The second-order valence-electron chi connectivity index (χ2n) is 5.83. The SMILES string of the molecule is CC(F)(F)C1(Nc2ccc(C3CN(C=O)C3)cn2)CC1. The van der Waals surface area contributed by atoms with Gasteiger partial charge in [0.15, 0.2) is 0 Å². The fourth-order valence-electron chi connectivity index (χ4n) is 2.57. The standard InChI is InChI=1S/C14H17F2N3O/c1-13(15,16)14(4-5-14)18-12-3-2-10(6-17-12)11-7-19(8-11)9-20/h2-3,6,9,11H,4-5,7-8H2,1H3,(H,17,18). The highest BCUT2D eigenvalue weighted by Gasteiger charge is 2.59. The number of hydrogen-bond acceptors (Lipinski definition) is 3. The normalized spacial score (nSPS) is 21.2. The number of carbonyl (C=O) groups is 1. The second kappa shape index (κ2) is 4.40. The first-order valence-electron chi connectivity index (χ1n) is 6.75. The van der Waals surface area contributed by atoms with Gasteiger partial charge in [-0.05, 0) is 24.5 Å². The van der Waals surface area contributed by atoms with Crippen molar-refractivity contribution in [1.29, 1.82) is 0 Å². The molecule has 6 heteroatoms. The molecule has 0 aromatic carbocycles. The van der Waals surface area contributed by atoms with Gasteiger partial charge in [0.2, 0.25) is 6.41 Å². The fraction of sp³-hybridized carbons (Fsp3) is 0.571. The van der Waals surface area contributed by atoms with Crippen molar-refractivity contribution < 1.29 is 13.6 Å². The highest BCUT2D eigenvalue weighted by molar-refractivity contribution is 5.50. The van der Waals surface area contributed by atoms with Gasteiger partial charge in [0.05, 0.1) is 0 Å². The fourth-order valence-corrected chi connectivity index (χ4v) is 2.57. The van der Waals surface area contributed by atoms with Crippen LogP contribution in [0.3, 0.4) is 0 Å². The molecule has 1 N–H and O–H groups in total. The molecule has 0 atom stereocenters. The number of nitrogens with zero attached hydrogens (tertiary/aromatic N) is 2. The Balaban J connectivity index is 1.64. The number of pyridine rings is 1. The summed E-state index contributed by atoms with van der Waals surface area (Å²) in [6.45, 7) is 2.35. The number of halogens is 2. The van der Waals surface area contributed by atoms with Gasteiger partial charge in [-0.15, -0.1) is 0 Å². The van der Waals surface area contributed by atoms with Crippen LogP contribution in [0, 0.1) is 0 Å². The molecule has 2 aliphatic rings. The molecule has 1 aliphatic heterocycles. The number of alkyl halides is 2. The molecule has 1 aliphatic carbocycles. The first-order chi connectivity index (χ1) is 9.43. The van der Waals surface area contributed by atoms with Gasteiger partial charge in [0.1, 0.15) is 11.4 Å². The molecular weight excluding hydrogens is 264 g/mol. The van der Waals surface area contributed by atoms with Crippen molar-refractivity contribution in [2.45, 2.75) is 37.1 Å². The maximum absolute atomic E-state index is 13.5. The molecule has 0 spiro atoms. The first kappa shape index (κ1) is 13.3. The molecule has 1 aromatic heterocycles. The minimum absolute atomic E-state index is 0.309. The van der Waals surface area contributed by atoms with E-state index in [4.69, 9.17) is 0 Å². The lowest BCUT2D eigenvalue weighted by molar-refractivity contribution is -0.122. The van der Waals surface area contributed by atoms with E-state index >= 15 is 0 Å². The lowest BCUT2D eigenvalue weighted by Gasteiger charge is -2.36. The van der Waals surface area contributed by atoms with Gasteiger partial charge in [-0.1, -0.05) is 6.07 Å². The molecule has 0 bridgehead atoms. The van der Waals surface area contributed by atoms with Gasteiger partial charge < -0.3 is 10.2 Å². The number of carbonyl (C=O) groups excluding carboxylic acids is 1. The zero-order chi connectivity index (χ0) is 14.4. The summed E-state index contributed by atoms with van der Waals surface area (Å²) in [5, 5.41) is 2.86. The van der Waals surface area contributed by atoms with Crippen molar-refractivity contribution in [2.24, 2.45) is 0 Å². The topological polar surface area (TPSA) is 45.2 Å². The van der Waals surface area contributed by atoms with E-state index in [1.807, 2.05) is 6.07 Å². The van der Waals surface area contributed by atoms with Crippen molar-refractivity contribution in [2.75, 3.05) is 18.4 Å². The molecule has 2 fully saturated rings. The minimum Gasteiger partial charge on any atom is -0.359 e. The summed E-state index contributed by atoms with van der Waals surface area (Å²) in [6.07, 6.45) is 3.48. The molecule has 2 heterocycles. The highest BCUT2D eigenvalue weighted by atomic mass is 19.3. The van der Waals surface area contributed by atoms with Crippen LogP contribution in [0.1, 0.15) is 31.2 Å². The number of aromatic nitrogens is 1. The largest absolute Gasteiger partial charge is 0.359 e. The highest BCUT2D eigenvalue weighted by Crippen LogP contribution is 2.49. The number of nitrogens with one attached hydrogen (secondary N) is 1. The van der Waals surface area contributed by atoms with E-state index in [0.29, 0.717) is 37.7 Å². The molecule has 108 valence electrons. The van der Waals surface area contributed by atoms with Crippen LogP contribution < -0.4 is 5.32 Å². The van der Waals surface area contributed by atoms with E-state index in [1.54, 1.807) is 17.2 Å². The van der Waals surface area contributed by atoms with Crippen LogP contribution in [-0.2, 0) is 4.79 Å². The Morgan fingerprint density at radius 1 is 1.45 bits per heavy atom. The Bertz CT molecular complexity index is 502. The number of rotatable bonds is 5. The number of hydrogen-bond donors (Lipinski definition) is 1. The summed E-state index contributed by atoms with van der Waals surface area (Å²) < 4.78 is 26.9. The van der Waals surface area contributed by atoms with Crippen LogP contribution in [0.4, 0.5) is 14.6 Å². The van der Waals surface area contributed by atoms with Gasteiger partial charge in [-0.3, -0.25) is 4.79 Å². The molecule has 1 aromatic rings. The average molecular weight is 281 g/mol. The van der Waals surface area contributed by atoms with Crippen LogP contribution in [0.5, 0.6) is 0 Å². The Labute approximate surface area is 116 Å². The maximum Gasteiger partial charge on any atom is 0.267 e. The van der Waals surface area contributed by atoms with Gasteiger partial charge in [-0.2, -0.15) is 0 Å². The molecule has 0 unspecified atom stereocenters. The van der Waals surface area contributed by atoms with Gasteiger partial charge >= 0.3 is 0 Å². The molecule has 3 rings (SSSR count). The van der Waals surface area contributed by atoms with E-state index < -0.39 is 11.5 Å². The number of likely N-dealkylation sites (tertiary alicyclic amines) is 1. The van der Waals surface area contributed by atoms with Crippen LogP contribution in [0.15, 0.2) is 18.3 Å². The van der Waals surface area contributed by atoms with Crippen LogP contribution in [0.25, 0.3) is 0 Å². The van der Waals surface area contributed by atoms with Crippen LogP contribution >= 0.6 is 0 Å². The van der Waals surface area contributed by atoms with Crippen LogP contribution in [0.2, 0.25) is 0 Å². The first-order valence-corrected chi connectivity index (χ1v) is 6.75. The Kier molecular flexibility index (Phi) is 2.92. The number of amides is 1. The second-order valence-corrected chi connectivity index (χ2v) is 5.83. The van der Waals surface area contributed by atoms with Crippen molar-refractivity contribution in [3.8, 4) is 0 Å². The molecular formula is C14H17F2N3O. The van der Waals surface area contributed by atoms with E-state index in [-0.39, 0.29) is 0 Å². The maximum atomic E-state index is 13.5. The minimum atomic E-state index is -2.74. The van der Waals surface area contributed by atoms with E-state index in [9.17, 15) is 13.6 Å². The summed E-state index contributed by atoms with van der Waals surface area (Å²) in [5.41, 5.74) is -0.0755. The quantitative estimate of drug-likeness (QED) is 0.842. The predicted molar refractivity (Wildman–Crippen MR) is 70.8 cm³/mol. The summed E-state index contributed by atoms with van der Waals surface area (Å²) >= 11 is 0. The summed E-state index contributed by atoms with van der Waals surface area (Å²) in [5.74, 6) is -1.95. The Hall–Kier alpha value is -1.72. The van der Waals surface area contributed by atoms with Gasteiger partial charge in [-0.25, -0.2) is 13.8 Å². The Morgan fingerprint density at radius 3 is 2.60 bits per heavy atom. The molecule has 20 heavy (non-hydrogen) atoms. The molecule has 1 saturated carbocycles. The zero-order valence-electron chi connectivity index (χ0n) is 11.3. The lowest BCUT2D eigenvalue weighted by atomic mass is 9.93. The van der Waals surface area contributed by atoms with Crippen molar-refractivity contribution in [3.63, 3.8) is 0 Å². The van der Waals surface area contributed by atoms with E-state index in [2.05, 4.69) is 10.3 Å². The predicted octanol–water partition coefficient (Wildman–Crippen LogP) is 2.24. The third-order valence-electron chi connectivity index (χ3n) is 4.27. The molecule has 0 radical (unpaired) electrons. The molecule has 1 saturated heterocycles.